The maximum atomic E-state index is 12.0. The Hall–Kier alpha value is -1.55. The predicted molar refractivity (Wildman–Crippen MR) is 77.2 cm³/mol. The van der Waals surface area contributed by atoms with Crippen molar-refractivity contribution in [3.05, 3.63) is 35.9 Å². The van der Waals surface area contributed by atoms with Gasteiger partial charge in [-0.1, -0.05) is 37.3 Å². The molecule has 2 N–H and O–H groups in total. The van der Waals surface area contributed by atoms with E-state index < -0.39 is 0 Å². The Bertz CT molecular complexity index is 394. The summed E-state index contributed by atoms with van der Waals surface area (Å²) in [5.74, 6) is 0.239. The van der Waals surface area contributed by atoms with Gasteiger partial charge in [0.05, 0.1) is 12.6 Å². The van der Waals surface area contributed by atoms with Gasteiger partial charge in [-0.25, -0.2) is 4.79 Å². The molecular formula is C15H24N2O2. The van der Waals surface area contributed by atoms with Crippen LogP contribution in [0.3, 0.4) is 0 Å². The average Bonchev–Trinajstić information content (AvgIpc) is 2.45. The predicted octanol–water partition coefficient (Wildman–Crippen LogP) is 2.20. The zero-order chi connectivity index (χ0) is 14.4. The molecule has 0 aliphatic carbocycles. The number of carbonyl (C=O) groups excluding carboxylic acids is 1. The topological polar surface area (TPSA) is 52.6 Å². The fourth-order valence-corrected chi connectivity index (χ4v) is 1.79. The molecular weight excluding hydrogens is 240 g/mol. The highest BCUT2D eigenvalue weighted by Gasteiger charge is 2.20. The lowest BCUT2D eigenvalue weighted by Crippen LogP contribution is -2.47. The van der Waals surface area contributed by atoms with Crippen LogP contribution in [0.1, 0.15) is 32.3 Å². The molecule has 3 unspecified atom stereocenters. The molecule has 106 valence electrons. The molecule has 4 heteroatoms. The molecule has 0 aliphatic rings. The highest BCUT2D eigenvalue weighted by atomic mass is 16.3. The highest BCUT2D eigenvalue weighted by molar-refractivity contribution is 5.74. The number of rotatable bonds is 5. The van der Waals surface area contributed by atoms with Gasteiger partial charge in [0.1, 0.15) is 0 Å². The maximum Gasteiger partial charge on any atom is 0.317 e. The van der Waals surface area contributed by atoms with Crippen molar-refractivity contribution in [3.63, 3.8) is 0 Å². The van der Waals surface area contributed by atoms with Gasteiger partial charge in [-0.05, 0) is 19.4 Å². The third-order valence-corrected chi connectivity index (χ3v) is 3.67. The Morgan fingerprint density at radius 2 is 1.84 bits per heavy atom. The van der Waals surface area contributed by atoms with Crippen molar-refractivity contribution in [2.75, 3.05) is 13.7 Å². The molecule has 0 fully saturated rings. The smallest absolute Gasteiger partial charge is 0.317 e. The van der Waals surface area contributed by atoms with Crippen LogP contribution >= 0.6 is 0 Å². The van der Waals surface area contributed by atoms with Crippen LogP contribution in [-0.2, 0) is 0 Å². The number of amides is 2. The first-order valence-corrected chi connectivity index (χ1v) is 6.66. The Morgan fingerprint density at radius 1 is 1.26 bits per heavy atom. The number of aliphatic hydroxyl groups excluding tert-OH is 1. The van der Waals surface area contributed by atoms with Gasteiger partial charge >= 0.3 is 6.03 Å². The molecule has 0 saturated carbocycles. The van der Waals surface area contributed by atoms with E-state index in [4.69, 9.17) is 5.11 Å². The minimum Gasteiger partial charge on any atom is -0.394 e. The molecule has 1 rings (SSSR count). The first-order chi connectivity index (χ1) is 8.97. The lowest BCUT2D eigenvalue weighted by atomic mass is 9.94. The van der Waals surface area contributed by atoms with Crippen LogP contribution in [0.25, 0.3) is 0 Å². The second-order valence-corrected chi connectivity index (χ2v) is 5.08. The van der Waals surface area contributed by atoms with E-state index in [1.165, 1.54) is 10.5 Å². The normalized spacial score (nSPS) is 15.4. The number of hydrogen-bond acceptors (Lipinski definition) is 2. The van der Waals surface area contributed by atoms with Gasteiger partial charge in [-0.15, -0.1) is 0 Å². The number of hydrogen-bond donors (Lipinski definition) is 2. The zero-order valence-electron chi connectivity index (χ0n) is 12.1. The molecule has 4 nitrogen and oxygen atoms in total. The lowest BCUT2D eigenvalue weighted by Gasteiger charge is -2.28. The summed E-state index contributed by atoms with van der Waals surface area (Å²) in [7, 11) is 1.69. The first kappa shape index (κ1) is 15.5. The van der Waals surface area contributed by atoms with Crippen LogP contribution in [0, 0.1) is 0 Å². The highest BCUT2D eigenvalue weighted by Crippen LogP contribution is 2.18. The van der Waals surface area contributed by atoms with Crippen molar-refractivity contribution in [1.82, 2.24) is 10.2 Å². The maximum absolute atomic E-state index is 12.0. The summed E-state index contributed by atoms with van der Waals surface area (Å²) in [4.78, 5) is 13.5. The third kappa shape index (κ3) is 4.24. The number of nitrogens with one attached hydrogen (secondary N) is 1. The van der Waals surface area contributed by atoms with Crippen LogP contribution < -0.4 is 5.32 Å². The van der Waals surface area contributed by atoms with Crippen molar-refractivity contribution in [2.24, 2.45) is 0 Å². The summed E-state index contributed by atoms with van der Waals surface area (Å²) >= 11 is 0. The van der Waals surface area contributed by atoms with E-state index in [9.17, 15) is 4.79 Å². The summed E-state index contributed by atoms with van der Waals surface area (Å²) in [5, 5.41) is 12.0. The van der Waals surface area contributed by atoms with Crippen LogP contribution in [0.15, 0.2) is 30.3 Å². The summed E-state index contributed by atoms with van der Waals surface area (Å²) in [6.45, 7) is 5.86. The molecule has 0 bridgehead atoms. The minimum atomic E-state index is -0.181. The number of likely N-dealkylation sites (N-methyl/N-ethyl adjacent to an activating group) is 1. The number of aliphatic hydroxyl groups is 1. The fraction of sp³-hybridized carbons (Fsp3) is 0.533. The fourth-order valence-electron chi connectivity index (χ4n) is 1.79. The molecule has 1 aromatic carbocycles. The van der Waals surface area contributed by atoms with E-state index in [1.54, 1.807) is 7.05 Å². The second kappa shape index (κ2) is 7.14. The molecule has 2 amide bonds. The van der Waals surface area contributed by atoms with Gasteiger partial charge in [0.15, 0.2) is 0 Å². The Kier molecular flexibility index (Phi) is 5.83. The number of carbonyl (C=O) groups is 1. The van der Waals surface area contributed by atoms with Crippen molar-refractivity contribution < 1.29 is 9.90 Å². The van der Waals surface area contributed by atoms with Gasteiger partial charge in [0, 0.05) is 19.0 Å². The van der Waals surface area contributed by atoms with Crippen molar-refractivity contribution in [3.8, 4) is 0 Å². The largest absolute Gasteiger partial charge is 0.394 e. The quantitative estimate of drug-likeness (QED) is 0.856. The molecule has 0 saturated heterocycles. The molecule has 0 radical (unpaired) electrons. The first-order valence-electron chi connectivity index (χ1n) is 6.66. The van der Waals surface area contributed by atoms with E-state index in [1.807, 2.05) is 32.0 Å². The molecule has 0 spiro atoms. The molecule has 3 atom stereocenters. The molecule has 1 aromatic rings. The average molecular weight is 264 g/mol. The standard InChI is InChI=1S/C15H24N2O2/c1-11(10-18)17(4)15(19)16-13(3)12(2)14-8-6-5-7-9-14/h5-9,11-13,18H,10H2,1-4H3,(H,16,19). The lowest BCUT2D eigenvalue weighted by molar-refractivity contribution is 0.154. The molecule has 0 heterocycles. The third-order valence-electron chi connectivity index (χ3n) is 3.67. The Labute approximate surface area is 115 Å². The van der Waals surface area contributed by atoms with Crippen LogP contribution in [0.2, 0.25) is 0 Å². The van der Waals surface area contributed by atoms with Gasteiger partial charge < -0.3 is 15.3 Å². The van der Waals surface area contributed by atoms with Gasteiger partial charge in [0.25, 0.3) is 0 Å². The van der Waals surface area contributed by atoms with Crippen molar-refractivity contribution >= 4 is 6.03 Å². The Balaban J connectivity index is 2.60. The second-order valence-electron chi connectivity index (χ2n) is 5.08. The summed E-state index contributed by atoms with van der Waals surface area (Å²) < 4.78 is 0. The van der Waals surface area contributed by atoms with Crippen molar-refractivity contribution in [1.29, 1.82) is 0 Å². The number of urea groups is 1. The minimum absolute atomic E-state index is 0.0308. The van der Waals surface area contributed by atoms with E-state index in [-0.39, 0.29) is 30.6 Å². The monoisotopic (exact) mass is 264 g/mol. The van der Waals surface area contributed by atoms with Gasteiger partial charge in [0.2, 0.25) is 0 Å². The number of benzene rings is 1. The van der Waals surface area contributed by atoms with E-state index >= 15 is 0 Å². The molecule has 0 aromatic heterocycles. The van der Waals surface area contributed by atoms with E-state index in [0.717, 1.165) is 0 Å². The summed E-state index contributed by atoms with van der Waals surface area (Å²) in [6, 6.07) is 9.80. The molecule has 0 aliphatic heterocycles. The van der Waals surface area contributed by atoms with Gasteiger partial charge in [-0.2, -0.15) is 0 Å². The van der Waals surface area contributed by atoms with E-state index in [0.29, 0.717) is 0 Å². The summed E-state index contributed by atoms with van der Waals surface area (Å²) in [6.07, 6.45) is 0. The van der Waals surface area contributed by atoms with Gasteiger partial charge in [-0.3, -0.25) is 0 Å². The number of nitrogens with zero attached hydrogens (tertiary/aromatic N) is 1. The van der Waals surface area contributed by atoms with Crippen LogP contribution in [-0.4, -0.2) is 41.8 Å². The SMILES string of the molecule is CC(NC(=O)N(C)C(C)CO)C(C)c1ccccc1. The summed E-state index contributed by atoms with van der Waals surface area (Å²) in [5.41, 5.74) is 1.20. The van der Waals surface area contributed by atoms with Crippen LogP contribution in [0.5, 0.6) is 0 Å². The molecule has 19 heavy (non-hydrogen) atoms. The Morgan fingerprint density at radius 3 is 2.37 bits per heavy atom. The van der Waals surface area contributed by atoms with Crippen LogP contribution in [0.4, 0.5) is 4.79 Å². The van der Waals surface area contributed by atoms with Crippen molar-refractivity contribution in [2.45, 2.75) is 38.8 Å². The zero-order valence-corrected chi connectivity index (χ0v) is 12.1. The van der Waals surface area contributed by atoms with E-state index in [2.05, 4.69) is 24.4 Å².